The summed E-state index contributed by atoms with van der Waals surface area (Å²) in [5.41, 5.74) is 3.94. The van der Waals surface area contributed by atoms with Crippen LogP contribution in [0, 0.1) is 5.82 Å². The molecule has 1 fully saturated rings. The van der Waals surface area contributed by atoms with Crippen LogP contribution in [0.15, 0.2) is 18.2 Å². The van der Waals surface area contributed by atoms with Gasteiger partial charge in [0.1, 0.15) is 5.82 Å². The van der Waals surface area contributed by atoms with Crippen LogP contribution in [0.1, 0.15) is 31.2 Å². The molecule has 0 aromatic heterocycles. The predicted molar refractivity (Wildman–Crippen MR) is 81.1 cm³/mol. The Kier molecular flexibility index (Phi) is 5.02. The number of halogens is 2. The van der Waals surface area contributed by atoms with E-state index < -0.39 is 0 Å². The Bertz CT molecular complexity index is 458. The van der Waals surface area contributed by atoms with Crippen LogP contribution < -0.4 is 11.3 Å². The molecule has 0 radical (unpaired) electrons. The summed E-state index contributed by atoms with van der Waals surface area (Å²) >= 11 is 6.14. The van der Waals surface area contributed by atoms with Crippen LogP contribution in [-0.2, 0) is 6.42 Å². The van der Waals surface area contributed by atoms with Crippen molar-refractivity contribution in [3.05, 3.63) is 34.6 Å². The highest BCUT2D eigenvalue weighted by atomic mass is 35.5. The smallest absolute Gasteiger partial charge is 0.124 e. The van der Waals surface area contributed by atoms with Gasteiger partial charge in [0.25, 0.3) is 0 Å². The van der Waals surface area contributed by atoms with E-state index in [9.17, 15) is 4.39 Å². The van der Waals surface area contributed by atoms with E-state index in [1.807, 2.05) is 0 Å². The fraction of sp³-hybridized carbons (Fsp3) is 0.600. The molecule has 1 aromatic rings. The van der Waals surface area contributed by atoms with Gasteiger partial charge in [0.05, 0.1) is 0 Å². The van der Waals surface area contributed by atoms with Crippen LogP contribution in [0.3, 0.4) is 0 Å². The average molecular weight is 300 g/mol. The molecule has 112 valence electrons. The fourth-order valence-electron chi connectivity index (χ4n) is 3.41. The number of hydrogen-bond acceptors (Lipinski definition) is 3. The third-order valence-electron chi connectivity index (χ3n) is 4.65. The predicted octanol–water partition coefficient (Wildman–Crippen LogP) is 2.73. The highest BCUT2D eigenvalue weighted by molar-refractivity contribution is 6.31. The van der Waals surface area contributed by atoms with Gasteiger partial charge in [-0.15, -0.1) is 0 Å². The molecule has 1 aliphatic carbocycles. The molecule has 0 saturated heterocycles. The van der Waals surface area contributed by atoms with Gasteiger partial charge in [-0.25, -0.2) is 4.39 Å². The van der Waals surface area contributed by atoms with E-state index in [2.05, 4.69) is 24.4 Å². The first-order valence-electron chi connectivity index (χ1n) is 7.07. The number of benzene rings is 1. The zero-order chi connectivity index (χ0) is 14.8. The Balaban J connectivity index is 2.23. The lowest BCUT2D eigenvalue weighted by Gasteiger charge is -2.43. The maximum absolute atomic E-state index is 13.1. The third kappa shape index (κ3) is 2.98. The Labute approximate surface area is 125 Å². The molecule has 0 aliphatic heterocycles. The molecule has 1 saturated carbocycles. The van der Waals surface area contributed by atoms with E-state index in [0.717, 1.165) is 18.4 Å². The molecule has 0 amide bonds. The van der Waals surface area contributed by atoms with Crippen molar-refractivity contribution in [2.45, 2.75) is 43.7 Å². The van der Waals surface area contributed by atoms with Gasteiger partial charge in [0, 0.05) is 16.6 Å². The van der Waals surface area contributed by atoms with Crippen LogP contribution in [0.2, 0.25) is 5.02 Å². The third-order valence-corrected chi connectivity index (χ3v) is 5.00. The molecule has 2 rings (SSSR count). The van der Waals surface area contributed by atoms with Gasteiger partial charge in [-0.05, 0) is 51.1 Å². The lowest BCUT2D eigenvalue weighted by Crippen LogP contribution is -2.60. The van der Waals surface area contributed by atoms with Gasteiger partial charge in [0.2, 0.25) is 0 Å². The lowest BCUT2D eigenvalue weighted by molar-refractivity contribution is 0.104. The SMILES string of the molecule is CN(C)C1(C(Cc2ccc(F)cc2Cl)NN)CCCC1. The van der Waals surface area contributed by atoms with E-state index in [0.29, 0.717) is 11.4 Å². The van der Waals surface area contributed by atoms with Crippen LogP contribution in [0.5, 0.6) is 0 Å². The number of rotatable bonds is 5. The molecule has 5 heteroatoms. The second-order valence-electron chi connectivity index (χ2n) is 5.86. The molecule has 0 bridgehead atoms. The molecule has 0 spiro atoms. The average Bonchev–Trinajstić information content (AvgIpc) is 2.88. The molecular weight excluding hydrogens is 277 g/mol. The monoisotopic (exact) mass is 299 g/mol. The molecule has 0 heterocycles. The summed E-state index contributed by atoms with van der Waals surface area (Å²) in [6, 6.07) is 4.66. The summed E-state index contributed by atoms with van der Waals surface area (Å²) in [5.74, 6) is 5.50. The second-order valence-corrected chi connectivity index (χ2v) is 6.27. The number of nitrogens with two attached hydrogens (primary N) is 1. The summed E-state index contributed by atoms with van der Waals surface area (Å²) in [4.78, 5) is 2.27. The summed E-state index contributed by atoms with van der Waals surface area (Å²) in [7, 11) is 4.20. The molecule has 1 atom stereocenters. The topological polar surface area (TPSA) is 41.3 Å². The molecule has 20 heavy (non-hydrogen) atoms. The normalized spacial score (nSPS) is 19.5. The van der Waals surface area contributed by atoms with Crippen LogP contribution in [-0.4, -0.2) is 30.6 Å². The fourth-order valence-corrected chi connectivity index (χ4v) is 3.65. The largest absolute Gasteiger partial charge is 0.302 e. The molecule has 3 N–H and O–H groups in total. The summed E-state index contributed by atoms with van der Waals surface area (Å²) in [6.07, 6.45) is 5.37. The number of hydrogen-bond donors (Lipinski definition) is 2. The maximum Gasteiger partial charge on any atom is 0.124 e. The number of hydrazine groups is 1. The number of likely N-dealkylation sites (N-methyl/N-ethyl adjacent to an activating group) is 1. The molecule has 1 unspecified atom stereocenters. The van der Waals surface area contributed by atoms with Crippen molar-refractivity contribution in [2.75, 3.05) is 14.1 Å². The van der Waals surface area contributed by atoms with Crippen molar-refractivity contribution in [3.63, 3.8) is 0 Å². The summed E-state index contributed by atoms with van der Waals surface area (Å²) in [6.45, 7) is 0. The van der Waals surface area contributed by atoms with Crippen molar-refractivity contribution in [3.8, 4) is 0 Å². The minimum atomic E-state index is -0.306. The van der Waals surface area contributed by atoms with E-state index >= 15 is 0 Å². The van der Waals surface area contributed by atoms with Crippen LogP contribution >= 0.6 is 11.6 Å². The van der Waals surface area contributed by atoms with Crippen molar-refractivity contribution < 1.29 is 4.39 Å². The van der Waals surface area contributed by atoms with Gasteiger partial charge in [-0.3, -0.25) is 11.3 Å². The number of nitrogens with zero attached hydrogens (tertiary/aromatic N) is 1. The summed E-state index contributed by atoms with van der Waals surface area (Å²) < 4.78 is 13.1. The highest BCUT2D eigenvalue weighted by Gasteiger charge is 2.42. The Hall–Kier alpha value is -0.680. The van der Waals surface area contributed by atoms with E-state index in [4.69, 9.17) is 17.4 Å². The van der Waals surface area contributed by atoms with Crippen LogP contribution in [0.25, 0.3) is 0 Å². The second kappa shape index (κ2) is 6.39. The standard InChI is InChI=1S/C15H23ClFN3/c1-20(2)15(7-3-4-8-15)14(19-18)9-11-5-6-12(17)10-13(11)16/h5-6,10,14,19H,3-4,7-9,18H2,1-2H3. The first-order chi connectivity index (χ1) is 9.49. The van der Waals surface area contributed by atoms with Gasteiger partial charge in [-0.2, -0.15) is 0 Å². The molecule has 3 nitrogen and oxygen atoms in total. The quantitative estimate of drug-likeness (QED) is 0.649. The first-order valence-corrected chi connectivity index (χ1v) is 7.45. The van der Waals surface area contributed by atoms with Crippen molar-refractivity contribution in [1.29, 1.82) is 0 Å². The highest BCUT2D eigenvalue weighted by Crippen LogP contribution is 2.38. The van der Waals surface area contributed by atoms with Crippen molar-refractivity contribution in [2.24, 2.45) is 5.84 Å². The molecular formula is C15H23ClFN3. The minimum Gasteiger partial charge on any atom is -0.302 e. The lowest BCUT2D eigenvalue weighted by atomic mass is 9.83. The zero-order valence-corrected chi connectivity index (χ0v) is 12.9. The van der Waals surface area contributed by atoms with E-state index in [-0.39, 0.29) is 17.4 Å². The maximum atomic E-state index is 13.1. The van der Waals surface area contributed by atoms with Gasteiger partial charge >= 0.3 is 0 Å². The van der Waals surface area contributed by atoms with E-state index in [1.54, 1.807) is 6.07 Å². The molecule has 1 aliphatic rings. The summed E-state index contributed by atoms with van der Waals surface area (Å²) in [5, 5.41) is 0.470. The van der Waals surface area contributed by atoms with Gasteiger partial charge in [-0.1, -0.05) is 30.5 Å². The molecule has 1 aromatic carbocycles. The van der Waals surface area contributed by atoms with E-state index in [1.165, 1.54) is 25.0 Å². The van der Waals surface area contributed by atoms with Gasteiger partial charge < -0.3 is 4.90 Å². The van der Waals surface area contributed by atoms with Crippen molar-refractivity contribution in [1.82, 2.24) is 10.3 Å². The Morgan fingerprint density at radius 1 is 1.40 bits per heavy atom. The van der Waals surface area contributed by atoms with Gasteiger partial charge in [0.15, 0.2) is 0 Å². The van der Waals surface area contributed by atoms with Crippen molar-refractivity contribution >= 4 is 11.6 Å². The van der Waals surface area contributed by atoms with Crippen LogP contribution in [0.4, 0.5) is 4.39 Å². The minimum absolute atomic E-state index is 0.0481. The number of nitrogens with one attached hydrogen (secondary N) is 1. The Morgan fingerprint density at radius 2 is 2.05 bits per heavy atom. The zero-order valence-electron chi connectivity index (χ0n) is 12.1. The Morgan fingerprint density at radius 3 is 2.55 bits per heavy atom. The first kappa shape index (κ1) is 15.7.